The van der Waals surface area contributed by atoms with Crippen molar-refractivity contribution in [1.29, 1.82) is 0 Å². The molecule has 0 unspecified atom stereocenters. The molecule has 5 heterocycles. The summed E-state index contributed by atoms with van der Waals surface area (Å²) in [7, 11) is 0. The van der Waals surface area contributed by atoms with Crippen LogP contribution in [0.4, 0.5) is 0 Å². The number of piperidine rings is 1. The summed E-state index contributed by atoms with van der Waals surface area (Å²) in [6.45, 7) is 11.2. The maximum Gasteiger partial charge on any atom is 0.288 e. The number of amides is 1. The number of likely N-dealkylation sites (tertiary alicyclic amines) is 1. The topological polar surface area (TPSA) is 90.4 Å². The molecule has 1 amide bonds. The van der Waals surface area contributed by atoms with Gasteiger partial charge in [0.2, 0.25) is 5.91 Å². The minimum Gasteiger partial charge on any atom is -0.455 e. The van der Waals surface area contributed by atoms with Crippen LogP contribution < -0.4 is 5.32 Å². The van der Waals surface area contributed by atoms with E-state index in [4.69, 9.17) is 9.73 Å². The summed E-state index contributed by atoms with van der Waals surface area (Å²) in [6, 6.07) is 14.2. The van der Waals surface area contributed by atoms with Gasteiger partial charge in [0, 0.05) is 59.5 Å². The number of benzene rings is 1. The lowest BCUT2D eigenvalue weighted by Gasteiger charge is -2.42. The monoisotopic (exact) mass is 672 g/mol. The van der Waals surface area contributed by atoms with Gasteiger partial charge in [-0.25, -0.2) is 4.99 Å². The second kappa shape index (κ2) is 16.4. The zero-order chi connectivity index (χ0) is 33.5. The normalized spacial score (nSPS) is 22.6. The number of unbranched alkanes of at least 4 members (excludes halogenated alkanes) is 1. The molecular formula is C38H52N6O3S. The highest BCUT2D eigenvalue weighted by Gasteiger charge is 2.41. The Bertz CT molecular complexity index is 1500. The van der Waals surface area contributed by atoms with E-state index >= 15 is 0 Å². The van der Waals surface area contributed by atoms with Crippen molar-refractivity contribution in [2.45, 2.75) is 102 Å². The number of aliphatic imine (C=N–C) groups is 1. The number of fused-ring (bicyclic) bond motifs is 1. The summed E-state index contributed by atoms with van der Waals surface area (Å²) in [5, 5.41) is 4.66. The van der Waals surface area contributed by atoms with Gasteiger partial charge in [-0.1, -0.05) is 57.0 Å². The summed E-state index contributed by atoms with van der Waals surface area (Å²) >= 11 is 1.71. The first-order valence-electron chi connectivity index (χ1n) is 18.0. The SMILES string of the molecule is CC(C)N[C@H](CCCCN1CCCCC1)C(=O)N1CCN(C2=N[C@@H](C)[C@H](c3ccccc3)O2)C[C@H]1C(=O)CCc1cc2cnccc2s1. The van der Waals surface area contributed by atoms with E-state index in [1.807, 2.05) is 35.4 Å². The number of hydrogen-bond donors (Lipinski definition) is 1. The van der Waals surface area contributed by atoms with Crippen molar-refractivity contribution in [3.05, 3.63) is 65.3 Å². The number of thiophene rings is 1. The molecule has 0 radical (unpaired) electrons. The van der Waals surface area contributed by atoms with Crippen molar-refractivity contribution in [3.8, 4) is 0 Å². The quantitative estimate of drug-likeness (QED) is 0.228. The lowest BCUT2D eigenvalue weighted by atomic mass is 9.99. The Morgan fingerprint density at radius 3 is 2.62 bits per heavy atom. The Morgan fingerprint density at radius 2 is 1.85 bits per heavy atom. The van der Waals surface area contributed by atoms with Crippen LogP contribution in [0.1, 0.15) is 82.3 Å². The third-order valence-electron chi connectivity index (χ3n) is 9.90. The Kier molecular flexibility index (Phi) is 11.8. The van der Waals surface area contributed by atoms with Crippen molar-refractivity contribution in [3.63, 3.8) is 0 Å². The number of amidine groups is 1. The van der Waals surface area contributed by atoms with Crippen molar-refractivity contribution in [2.24, 2.45) is 4.99 Å². The molecule has 10 heteroatoms. The highest BCUT2D eigenvalue weighted by Crippen LogP contribution is 2.31. The number of rotatable bonds is 13. The molecule has 0 aliphatic carbocycles. The molecule has 0 spiro atoms. The first kappa shape index (κ1) is 34.5. The summed E-state index contributed by atoms with van der Waals surface area (Å²) < 4.78 is 7.62. The largest absolute Gasteiger partial charge is 0.455 e. The Balaban J connectivity index is 1.15. The van der Waals surface area contributed by atoms with Gasteiger partial charge in [0.1, 0.15) is 12.1 Å². The van der Waals surface area contributed by atoms with Gasteiger partial charge in [0.25, 0.3) is 6.02 Å². The van der Waals surface area contributed by atoms with E-state index in [1.54, 1.807) is 17.5 Å². The second-order valence-corrected chi connectivity index (χ2v) is 15.1. The Labute approximate surface area is 289 Å². The van der Waals surface area contributed by atoms with E-state index in [2.05, 4.69) is 59.1 Å². The highest BCUT2D eigenvalue weighted by molar-refractivity contribution is 7.19. The summed E-state index contributed by atoms with van der Waals surface area (Å²) in [5.74, 6) is 0.126. The molecule has 3 aromatic rings. The van der Waals surface area contributed by atoms with E-state index < -0.39 is 6.04 Å². The number of hydrogen-bond acceptors (Lipinski definition) is 9. The smallest absolute Gasteiger partial charge is 0.288 e. The zero-order valence-corrected chi connectivity index (χ0v) is 29.7. The third-order valence-corrected chi connectivity index (χ3v) is 11.1. The number of nitrogens with one attached hydrogen (secondary N) is 1. The van der Waals surface area contributed by atoms with Crippen molar-refractivity contribution in [2.75, 3.05) is 39.3 Å². The summed E-state index contributed by atoms with van der Waals surface area (Å²) in [6.07, 6.45) is 11.3. The van der Waals surface area contributed by atoms with Crippen LogP contribution in [0.5, 0.6) is 0 Å². The molecule has 0 saturated carbocycles. The molecule has 2 aromatic heterocycles. The van der Waals surface area contributed by atoms with E-state index in [-0.39, 0.29) is 35.9 Å². The summed E-state index contributed by atoms with van der Waals surface area (Å²) in [4.78, 5) is 45.3. The van der Waals surface area contributed by atoms with Crippen LogP contribution in [0.25, 0.3) is 10.1 Å². The number of ketones is 1. The van der Waals surface area contributed by atoms with Crippen LogP contribution >= 0.6 is 11.3 Å². The van der Waals surface area contributed by atoms with Gasteiger partial charge in [-0.05, 0) is 76.4 Å². The number of aromatic nitrogens is 1. The van der Waals surface area contributed by atoms with Gasteiger partial charge >= 0.3 is 0 Å². The second-order valence-electron chi connectivity index (χ2n) is 14.0. The van der Waals surface area contributed by atoms with Crippen LogP contribution in [-0.4, -0.2) is 101 Å². The minimum absolute atomic E-state index is 0.0387. The molecule has 258 valence electrons. The molecule has 2 saturated heterocycles. The van der Waals surface area contributed by atoms with Gasteiger partial charge in [0.15, 0.2) is 5.78 Å². The third kappa shape index (κ3) is 8.62. The molecule has 1 N–H and O–H groups in total. The van der Waals surface area contributed by atoms with Crippen LogP contribution in [0.2, 0.25) is 0 Å². The predicted molar refractivity (Wildman–Crippen MR) is 193 cm³/mol. The van der Waals surface area contributed by atoms with Gasteiger partial charge in [-0.15, -0.1) is 11.3 Å². The minimum atomic E-state index is -0.565. The van der Waals surface area contributed by atoms with Crippen molar-refractivity contribution in [1.82, 2.24) is 25.0 Å². The van der Waals surface area contributed by atoms with Gasteiger partial charge in [0.05, 0.1) is 12.1 Å². The fourth-order valence-corrected chi connectivity index (χ4v) is 8.38. The molecule has 3 aliphatic heterocycles. The summed E-state index contributed by atoms with van der Waals surface area (Å²) in [5.41, 5.74) is 1.09. The standard InChI is InChI=1S/C38H52N6O3S/c1-27(2)40-32(14-8-11-21-42-19-9-5-10-20-42)37(46)44-23-22-43(38-41-28(3)36(47-38)29-12-6-4-7-13-29)26-33(44)34(45)16-15-31-24-30-25-39-18-17-35(30)48-31/h4,6-7,12-13,17-18,24-25,27-28,32-33,36,40H,5,8-11,14-16,19-23,26H2,1-3H3/t28-,32+,33-,36+/m0/s1. The van der Waals surface area contributed by atoms with Crippen LogP contribution in [0.15, 0.2) is 59.9 Å². The van der Waals surface area contributed by atoms with Crippen LogP contribution in [0.3, 0.4) is 0 Å². The van der Waals surface area contributed by atoms with E-state index in [9.17, 15) is 9.59 Å². The van der Waals surface area contributed by atoms with Crippen molar-refractivity contribution < 1.29 is 14.3 Å². The van der Waals surface area contributed by atoms with Gasteiger partial charge in [-0.3, -0.25) is 14.6 Å². The Hall–Kier alpha value is -3.34. The molecule has 0 bridgehead atoms. The molecule has 4 atom stereocenters. The number of pyridine rings is 1. The first-order chi connectivity index (χ1) is 23.4. The molecule has 1 aromatic carbocycles. The molecular weight excluding hydrogens is 621 g/mol. The lowest BCUT2D eigenvalue weighted by Crippen LogP contribution is -2.62. The Morgan fingerprint density at radius 1 is 1.04 bits per heavy atom. The fourth-order valence-electron chi connectivity index (χ4n) is 7.35. The number of Topliss-reactive ketones (excluding diaryl/α,β-unsaturated/α-hetero) is 1. The number of nitrogens with zero attached hydrogens (tertiary/aromatic N) is 5. The molecule has 6 rings (SSSR count). The fraction of sp³-hybridized carbons (Fsp3) is 0.579. The van der Waals surface area contributed by atoms with Crippen molar-refractivity contribution >= 4 is 39.1 Å². The van der Waals surface area contributed by atoms with Crippen LogP contribution in [-0.2, 0) is 20.7 Å². The first-order valence-corrected chi connectivity index (χ1v) is 18.9. The van der Waals surface area contributed by atoms with E-state index in [0.717, 1.165) is 41.6 Å². The number of aryl methyl sites for hydroxylation is 1. The number of carbonyl (C=O) groups excluding carboxylic acids is 2. The maximum atomic E-state index is 14.4. The number of ether oxygens (including phenoxy) is 1. The van der Waals surface area contributed by atoms with E-state index in [0.29, 0.717) is 38.5 Å². The van der Waals surface area contributed by atoms with Gasteiger partial charge in [-0.2, -0.15) is 0 Å². The lowest BCUT2D eigenvalue weighted by molar-refractivity contribution is -0.144. The number of piperazine rings is 1. The molecule has 9 nitrogen and oxygen atoms in total. The average Bonchev–Trinajstić information content (AvgIpc) is 3.72. The average molecular weight is 673 g/mol. The zero-order valence-electron chi connectivity index (χ0n) is 28.9. The predicted octanol–water partition coefficient (Wildman–Crippen LogP) is 5.85. The highest BCUT2D eigenvalue weighted by atomic mass is 32.1. The van der Waals surface area contributed by atoms with Gasteiger partial charge < -0.3 is 24.8 Å². The molecule has 48 heavy (non-hydrogen) atoms. The molecule has 2 fully saturated rings. The van der Waals surface area contributed by atoms with Crippen LogP contribution in [0, 0.1) is 0 Å². The van der Waals surface area contributed by atoms with E-state index in [1.165, 1.54) is 37.1 Å². The maximum absolute atomic E-state index is 14.4. The molecule has 3 aliphatic rings. The number of carbonyl (C=O) groups is 2.